The number of nitrogens with zero attached hydrogens (tertiary/aromatic N) is 4. The zero-order valence-electron chi connectivity index (χ0n) is 13.4. The van der Waals surface area contributed by atoms with Gasteiger partial charge in [-0.3, -0.25) is 9.48 Å². The number of amides is 1. The molecule has 0 aliphatic carbocycles. The molecule has 0 radical (unpaired) electrons. The van der Waals surface area contributed by atoms with Crippen LogP contribution in [0.4, 0.5) is 0 Å². The normalized spacial score (nSPS) is 15.8. The standard InChI is InChI=1S/C17H22N4OS/c1-23-16-15(4-2-8-18-16)17(22)20-11-5-14(6-12-20)7-13-21-10-3-9-19-21/h2-4,8-10,14H,5-7,11-13H2,1H3. The lowest BCUT2D eigenvalue weighted by molar-refractivity contribution is 0.0680. The number of likely N-dealkylation sites (tertiary alicyclic amines) is 1. The third-order valence-electron chi connectivity index (χ3n) is 4.42. The van der Waals surface area contributed by atoms with Crippen LogP contribution in [0.2, 0.25) is 0 Å². The van der Waals surface area contributed by atoms with Crippen LogP contribution in [-0.4, -0.2) is 44.9 Å². The zero-order valence-corrected chi connectivity index (χ0v) is 14.2. The van der Waals surface area contributed by atoms with Crippen molar-refractivity contribution in [3.63, 3.8) is 0 Å². The molecule has 5 nitrogen and oxygen atoms in total. The predicted octanol–water partition coefficient (Wildman–Crippen LogP) is 2.94. The third kappa shape index (κ3) is 3.93. The fourth-order valence-electron chi connectivity index (χ4n) is 3.06. The van der Waals surface area contributed by atoms with Gasteiger partial charge in [-0.05, 0) is 49.6 Å². The van der Waals surface area contributed by atoms with Crippen molar-refractivity contribution < 1.29 is 4.79 Å². The molecule has 6 heteroatoms. The second-order valence-electron chi connectivity index (χ2n) is 5.85. The van der Waals surface area contributed by atoms with E-state index in [4.69, 9.17) is 0 Å². The zero-order chi connectivity index (χ0) is 16.1. The van der Waals surface area contributed by atoms with Gasteiger partial charge < -0.3 is 4.90 Å². The molecule has 23 heavy (non-hydrogen) atoms. The van der Waals surface area contributed by atoms with E-state index in [2.05, 4.69) is 10.1 Å². The summed E-state index contributed by atoms with van der Waals surface area (Å²) < 4.78 is 1.98. The summed E-state index contributed by atoms with van der Waals surface area (Å²) in [5.74, 6) is 0.796. The summed E-state index contributed by atoms with van der Waals surface area (Å²) in [6, 6.07) is 5.67. The highest BCUT2D eigenvalue weighted by Crippen LogP contribution is 2.24. The molecule has 1 amide bonds. The first-order valence-electron chi connectivity index (χ1n) is 8.03. The highest BCUT2D eigenvalue weighted by molar-refractivity contribution is 7.98. The number of hydrogen-bond acceptors (Lipinski definition) is 4. The Hall–Kier alpha value is -1.82. The highest BCUT2D eigenvalue weighted by atomic mass is 32.2. The summed E-state index contributed by atoms with van der Waals surface area (Å²) in [6.07, 6.45) is 10.8. The maximum atomic E-state index is 12.7. The molecular formula is C17H22N4OS. The molecule has 2 aromatic rings. The van der Waals surface area contributed by atoms with Gasteiger partial charge in [0.25, 0.3) is 5.91 Å². The largest absolute Gasteiger partial charge is 0.339 e. The Bertz CT molecular complexity index is 636. The van der Waals surface area contributed by atoms with E-state index < -0.39 is 0 Å². The molecule has 3 heterocycles. The molecule has 1 aliphatic heterocycles. The highest BCUT2D eigenvalue weighted by Gasteiger charge is 2.25. The molecule has 1 fully saturated rings. The average molecular weight is 330 g/mol. The van der Waals surface area contributed by atoms with Gasteiger partial charge in [0.05, 0.1) is 5.56 Å². The van der Waals surface area contributed by atoms with Crippen LogP contribution < -0.4 is 0 Å². The van der Waals surface area contributed by atoms with Crippen molar-refractivity contribution in [2.24, 2.45) is 5.92 Å². The number of carbonyl (C=O) groups is 1. The van der Waals surface area contributed by atoms with Crippen molar-refractivity contribution in [1.82, 2.24) is 19.7 Å². The van der Waals surface area contributed by atoms with Crippen molar-refractivity contribution in [3.05, 3.63) is 42.4 Å². The molecule has 0 saturated carbocycles. The van der Waals surface area contributed by atoms with Crippen LogP contribution in [0.5, 0.6) is 0 Å². The quantitative estimate of drug-likeness (QED) is 0.791. The Balaban J connectivity index is 1.53. The molecule has 0 N–H and O–H groups in total. The third-order valence-corrected chi connectivity index (χ3v) is 5.13. The van der Waals surface area contributed by atoms with Gasteiger partial charge in [0.15, 0.2) is 0 Å². The van der Waals surface area contributed by atoms with Crippen molar-refractivity contribution in [1.29, 1.82) is 0 Å². The van der Waals surface area contributed by atoms with Gasteiger partial charge in [0.1, 0.15) is 5.03 Å². The number of piperidine rings is 1. The van der Waals surface area contributed by atoms with E-state index in [9.17, 15) is 4.79 Å². The predicted molar refractivity (Wildman–Crippen MR) is 91.5 cm³/mol. The number of hydrogen-bond donors (Lipinski definition) is 0. The maximum absolute atomic E-state index is 12.7. The topological polar surface area (TPSA) is 51.0 Å². The van der Waals surface area contributed by atoms with Crippen LogP contribution in [0.25, 0.3) is 0 Å². The summed E-state index contributed by atoms with van der Waals surface area (Å²) in [4.78, 5) is 19.0. The van der Waals surface area contributed by atoms with E-state index in [1.54, 1.807) is 6.20 Å². The first-order valence-corrected chi connectivity index (χ1v) is 9.26. The summed E-state index contributed by atoms with van der Waals surface area (Å²) in [7, 11) is 0. The SMILES string of the molecule is CSc1ncccc1C(=O)N1CCC(CCn2cccn2)CC1. The smallest absolute Gasteiger partial charge is 0.256 e. The molecule has 0 spiro atoms. The molecule has 122 valence electrons. The Labute approximate surface area is 141 Å². The van der Waals surface area contributed by atoms with Gasteiger partial charge in [-0.1, -0.05) is 0 Å². The molecular weight excluding hydrogens is 308 g/mol. The second kappa shape index (κ2) is 7.64. The van der Waals surface area contributed by atoms with E-state index in [1.807, 2.05) is 46.4 Å². The minimum absolute atomic E-state index is 0.118. The van der Waals surface area contributed by atoms with E-state index in [-0.39, 0.29) is 5.91 Å². The molecule has 0 unspecified atom stereocenters. The fraction of sp³-hybridized carbons (Fsp3) is 0.471. The lowest BCUT2D eigenvalue weighted by atomic mass is 9.93. The molecule has 0 atom stereocenters. The van der Waals surface area contributed by atoms with Crippen LogP contribution in [0.3, 0.4) is 0 Å². The number of pyridine rings is 1. The fourth-order valence-corrected chi connectivity index (χ4v) is 3.60. The van der Waals surface area contributed by atoms with Crippen LogP contribution >= 0.6 is 11.8 Å². The number of aromatic nitrogens is 3. The first-order chi connectivity index (χ1) is 11.3. The lowest BCUT2D eigenvalue weighted by Crippen LogP contribution is -2.39. The van der Waals surface area contributed by atoms with Crippen LogP contribution in [0, 0.1) is 5.92 Å². The van der Waals surface area contributed by atoms with Gasteiger partial charge >= 0.3 is 0 Å². The Morgan fingerprint density at radius 3 is 2.83 bits per heavy atom. The number of rotatable bonds is 5. The van der Waals surface area contributed by atoms with E-state index in [0.717, 1.165) is 49.5 Å². The van der Waals surface area contributed by atoms with Crippen LogP contribution in [0.15, 0.2) is 41.8 Å². The molecule has 1 saturated heterocycles. The molecule has 3 rings (SSSR count). The summed E-state index contributed by atoms with van der Waals surface area (Å²) in [6.45, 7) is 2.64. The van der Waals surface area contributed by atoms with Gasteiger partial charge in [-0.25, -0.2) is 4.98 Å². The average Bonchev–Trinajstić information content (AvgIpc) is 3.13. The van der Waals surface area contributed by atoms with Crippen LogP contribution in [-0.2, 0) is 6.54 Å². The minimum Gasteiger partial charge on any atom is -0.339 e. The van der Waals surface area contributed by atoms with Crippen LogP contribution in [0.1, 0.15) is 29.6 Å². The first kappa shape index (κ1) is 16.1. The van der Waals surface area contributed by atoms with E-state index in [0.29, 0.717) is 5.92 Å². The maximum Gasteiger partial charge on any atom is 0.256 e. The summed E-state index contributed by atoms with van der Waals surface area (Å²) >= 11 is 1.53. The van der Waals surface area contributed by atoms with Crippen molar-refractivity contribution >= 4 is 17.7 Å². The summed E-state index contributed by atoms with van der Waals surface area (Å²) in [5, 5.41) is 5.06. The lowest BCUT2D eigenvalue weighted by Gasteiger charge is -2.32. The minimum atomic E-state index is 0.118. The molecule has 0 bridgehead atoms. The second-order valence-corrected chi connectivity index (χ2v) is 6.65. The summed E-state index contributed by atoms with van der Waals surface area (Å²) in [5.41, 5.74) is 0.731. The molecule has 0 aromatic carbocycles. The monoisotopic (exact) mass is 330 g/mol. The van der Waals surface area contributed by atoms with Gasteiger partial charge in [0, 0.05) is 38.2 Å². The number of aryl methyl sites for hydroxylation is 1. The number of carbonyl (C=O) groups excluding carboxylic acids is 1. The van der Waals surface area contributed by atoms with Gasteiger partial charge in [-0.15, -0.1) is 11.8 Å². The number of thioether (sulfide) groups is 1. The van der Waals surface area contributed by atoms with E-state index in [1.165, 1.54) is 11.8 Å². The van der Waals surface area contributed by atoms with Crippen molar-refractivity contribution in [2.75, 3.05) is 19.3 Å². The van der Waals surface area contributed by atoms with Gasteiger partial charge in [-0.2, -0.15) is 5.10 Å². The Kier molecular flexibility index (Phi) is 5.33. The Morgan fingerprint density at radius 2 is 2.13 bits per heavy atom. The molecule has 1 aliphatic rings. The van der Waals surface area contributed by atoms with E-state index >= 15 is 0 Å². The van der Waals surface area contributed by atoms with Crippen molar-refractivity contribution in [3.8, 4) is 0 Å². The molecule has 2 aromatic heterocycles. The Morgan fingerprint density at radius 1 is 1.30 bits per heavy atom. The van der Waals surface area contributed by atoms with Gasteiger partial charge in [0.2, 0.25) is 0 Å². The van der Waals surface area contributed by atoms with Crippen molar-refractivity contribution in [2.45, 2.75) is 30.8 Å².